The van der Waals surface area contributed by atoms with Gasteiger partial charge < -0.3 is 14.6 Å². The van der Waals surface area contributed by atoms with E-state index in [9.17, 15) is 10.1 Å². The summed E-state index contributed by atoms with van der Waals surface area (Å²) in [5.41, 5.74) is 1.03. The van der Waals surface area contributed by atoms with E-state index in [1.54, 1.807) is 6.07 Å². The fourth-order valence-corrected chi connectivity index (χ4v) is 2.21. The number of hydrogen-bond acceptors (Lipinski definition) is 6. The van der Waals surface area contributed by atoms with Crippen molar-refractivity contribution in [1.29, 1.82) is 0 Å². The number of aromatic nitrogens is 1. The molecule has 0 fully saturated rings. The van der Waals surface area contributed by atoms with Gasteiger partial charge in [0.1, 0.15) is 5.52 Å². The third-order valence-corrected chi connectivity index (χ3v) is 3.38. The Kier molecular flexibility index (Phi) is 4.74. The number of non-ortho nitro benzene ring substituents is 1. The van der Waals surface area contributed by atoms with Gasteiger partial charge in [0, 0.05) is 18.7 Å². The average Bonchev–Trinajstić information content (AvgIpc) is 2.85. The quantitative estimate of drug-likeness (QED) is 0.624. The molecule has 114 valence electrons. The Morgan fingerprint density at radius 2 is 2.14 bits per heavy atom. The SMILES string of the molecule is CCN(CC)CC(C)Nc1nc2ccc([N+](=O)[O-])cc2o1. The first-order chi connectivity index (χ1) is 10.0. The van der Waals surface area contributed by atoms with E-state index in [4.69, 9.17) is 4.42 Å². The predicted molar refractivity (Wildman–Crippen MR) is 81.5 cm³/mol. The fraction of sp³-hybridized carbons (Fsp3) is 0.500. The molecule has 0 aliphatic carbocycles. The number of anilines is 1. The van der Waals surface area contributed by atoms with Crippen molar-refractivity contribution in [2.75, 3.05) is 25.0 Å². The monoisotopic (exact) mass is 292 g/mol. The molecule has 7 heteroatoms. The number of fused-ring (bicyclic) bond motifs is 1. The second-order valence-corrected chi connectivity index (χ2v) is 4.96. The lowest BCUT2D eigenvalue weighted by Crippen LogP contribution is -2.34. The molecule has 1 aromatic heterocycles. The molecule has 0 amide bonds. The van der Waals surface area contributed by atoms with Crippen LogP contribution in [0.4, 0.5) is 11.7 Å². The molecule has 0 spiro atoms. The summed E-state index contributed by atoms with van der Waals surface area (Å²) in [6, 6.07) is 4.98. The molecular formula is C14H20N4O3. The topological polar surface area (TPSA) is 84.4 Å². The van der Waals surface area contributed by atoms with Crippen molar-refractivity contribution in [3.63, 3.8) is 0 Å². The standard InChI is InChI=1S/C14H20N4O3/c1-4-17(5-2)9-10(3)15-14-16-12-7-6-11(18(19)20)8-13(12)21-14/h6-8,10H,4-5,9H2,1-3H3,(H,15,16). The highest BCUT2D eigenvalue weighted by atomic mass is 16.6. The van der Waals surface area contributed by atoms with Gasteiger partial charge in [-0.1, -0.05) is 13.8 Å². The summed E-state index contributed by atoms with van der Waals surface area (Å²) >= 11 is 0. The predicted octanol–water partition coefficient (Wildman–Crippen LogP) is 2.88. The van der Waals surface area contributed by atoms with Crippen molar-refractivity contribution in [3.05, 3.63) is 28.3 Å². The molecule has 0 radical (unpaired) electrons. The van der Waals surface area contributed by atoms with Gasteiger partial charge in [0.15, 0.2) is 5.58 Å². The van der Waals surface area contributed by atoms with E-state index >= 15 is 0 Å². The maximum Gasteiger partial charge on any atom is 0.295 e. The summed E-state index contributed by atoms with van der Waals surface area (Å²) < 4.78 is 5.53. The summed E-state index contributed by atoms with van der Waals surface area (Å²) in [5, 5.41) is 13.9. The Morgan fingerprint density at radius 3 is 2.76 bits per heavy atom. The van der Waals surface area contributed by atoms with E-state index in [1.807, 2.05) is 0 Å². The van der Waals surface area contributed by atoms with Gasteiger partial charge in [-0.3, -0.25) is 10.1 Å². The average molecular weight is 292 g/mol. The van der Waals surface area contributed by atoms with Gasteiger partial charge in [0.25, 0.3) is 11.7 Å². The van der Waals surface area contributed by atoms with E-state index in [0.717, 1.165) is 19.6 Å². The molecule has 0 aliphatic heterocycles. The third kappa shape index (κ3) is 3.69. The molecule has 2 aromatic rings. The second kappa shape index (κ2) is 6.53. The number of nitrogens with one attached hydrogen (secondary N) is 1. The van der Waals surface area contributed by atoms with Crippen molar-refractivity contribution < 1.29 is 9.34 Å². The largest absolute Gasteiger partial charge is 0.423 e. The maximum absolute atomic E-state index is 10.7. The molecule has 1 heterocycles. The zero-order valence-electron chi connectivity index (χ0n) is 12.5. The van der Waals surface area contributed by atoms with Gasteiger partial charge in [-0.25, -0.2) is 0 Å². The van der Waals surface area contributed by atoms with Crippen LogP contribution in [0.15, 0.2) is 22.6 Å². The number of hydrogen-bond donors (Lipinski definition) is 1. The number of benzene rings is 1. The van der Waals surface area contributed by atoms with E-state index in [2.05, 4.69) is 36.0 Å². The van der Waals surface area contributed by atoms with E-state index in [-0.39, 0.29) is 11.7 Å². The second-order valence-electron chi connectivity index (χ2n) is 4.96. The van der Waals surface area contributed by atoms with Crippen LogP contribution in [0.3, 0.4) is 0 Å². The zero-order valence-corrected chi connectivity index (χ0v) is 12.5. The Morgan fingerprint density at radius 1 is 1.43 bits per heavy atom. The van der Waals surface area contributed by atoms with Crippen LogP contribution < -0.4 is 5.32 Å². The minimum Gasteiger partial charge on any atom is -0.423 e. The van der Waals surface area contributed by atoms with Crippen molar-refractivity contribution >= 4 is 22.8 Å². The Bertz CT molecular complexity index is 622. The van der Waals surface area contributed by atoms with Crippen LogP contribution in [0.5, 0.6) is 0 Å². The summed E-state index contributed by atoms with van der Waals surface area (Å²) in [6.07, 6.45) is 0. The molecule has 21 heavy (non-hydrogen) atoms. The maximum atomic E-state index is 10.7. The van der Waals surface area contributed by atoms with Gasteiger partial charge >= 0.3 is 0 Å². The van der Waals surface area contributed by atoms with E-state index < -0.39 is 4.92 Å². The molecule has 7 nitrogen and oxygen atoms in total. The molecule has 0 bridgehead atoms. The number of nitro benzene ring substituents is 1. The summed E-state index contributed by atoms with van der Waals surface area (Å²) in [6.45, 7) is 9.15. The lowest BCUT2D eigenvalue weighted by Gasteiger charge is -2.22. The van der Waals surface area contributed by atoms with E-state index in [0.29, 0.717) is 17.1 Å². The summed E-state index contributed by atoms with van der Waals surface area (Å²) in [4.78, 5) is 16.9. The lowest BCUT2D eigenvalue weighted by molar-refractivity contribution is -0.384. The van der Waals surface area contributed by atoms with Gasteiger partial charge in [-0.05, 0) is 26.1 Å². The lowest BCUT2D eigenvalue weighted by atomic mass is 10.3. The molecule has 1 N–H and O–H groups in total. The first-order valence-electron chi connectivity index (χ1n) is 7.07. The van der Waals surface area contributed by atoms with Crippen LogP contribution in [-0.2, 0) is 0 Å². The van der Waals surface area contributed by atoms with Crippen LogP contribution in [0, 0.1) is 10.1 Å². The van der Waals surface area contributed by atoms with Crippen molar-refractivity contribution in [2.24, 2.45) is 0 Å². The van der Waals surface area contributed by atoms with Crippen molar-refractivity contribution in [1.82, 2.24) is 9.88 Å². The fourth-order valence-electron chi connectivity index (χ4n) is 2.21. The van der Waals surface area contributed by atoms with Crippen LogP contribution in [-0.4, -0.2) is 40.5 Å². The molecule has 1 unspecified atom stereocenters. The smallest absolute Gasteiger partial charge is 0.295 e. The van der Waals surface area contributed by atoms with Crippen molar-refractivity contribution in [2.45, 2.75) is 26.8 Å². The first kappa shape index (κ1) is 15.2. The zero-order chi connectivity index (χ0) is 15.4. The number of oxazole rings is 1. The molecule has 1 atom stereocenters. The molecule has 0 saturated carbocycles. The van der Waals surface area contributed by atoms with Gasteiger partial charge in [-0.2, -0.15) is 4.98 Å². The minimum atomic E-state index is -0.446. The van der Waals surface area contributed by atoms with Gasteiger partial charge in [-0.15, -0.1) is 0 Å². The molecule has 0 aliphatic rings. The highest BCUT2D eigenvalue weighted by Gasteiger charge is 2.14. The Labute approximate surface area is 123 Å². The minimum absolute atomic E-state index is 0.00129. The number of rotatable bonds is 7. The van der Waals surface area contributed by atoms with Crippen LogP contribution in [0.25, 0.3) is 11.1 Å². The number of nitrogens with zero attached hydrogens (tertiary/aromatic N) is 3. The van der Waals surface area contributed by atoms with Crippen LogP contribution in [0.2, 0.25) is 0 Å². The summed E-state index contributed by atoms with van der Waals surface area (Å²) in [7, 11) is 0. The first-order valence-corrected chi connectivity index (χ1v) is 7.07. The third-order valence-electron chi connectivity index (χ3n) is 3.38. The highest BCUT2D eigenvalue weighted by molar-refractivity contribution is 5.77. The van der Waals surface area contributed by atoms with Gasteiger partial charge in [0.2, 0.25) is 0 Å². The Balaban J connectivity index is 2.10. The Hall–Kier alpha value is -2.15. The summed E-state index contributed by atoms with van der Waals surface area (Å²) in [5.74, 6) is 0. The molecule has 2 rings (SSSR count). The van der Waals surface area contributed by atoms with E-state index in [1.165, 1.54) is 12.1 Å². The van der Waals surface area contributed by atoms with Crippen LogP contribution in [0.1, 0.15) is 20.8 Å². The molecule has 0 saturated heterocycles. The van der Waals surface area contributed by atoms with Gasteiger partial charge in [0.05, 0.1) is 11.0 Å². The molecule has 1 aromatic carbocycles. The highest BCUT2D eigenvalue weighted by Crippen LogP contribution is 2.23. The number of likely N-dealkylation sites (N-methyl/N-ethyl adjacent to an activating group) is 1. The normalized spacial score (nSPS) is 12.8. The van der Waals surface area contributed by atoms with Crippen LogP contribution >= 0.6 is 0 Å². The number of nitro groups is 1. The van der Waals surface area contributed by atoms with Crippen molar-refractivity contribution in [3.8, 4) is 0 Å². The molecular weight excluding hydrogens is 272 g/mol.